The molecule has 0 bridgehead atoms. The third kappa shape index (κ3) is 3.23. The molecular formula is C22H16N2O5. The zero-order valence-electron chi connectivity index (χ0n) is 15.5. The van der Waals surface area contributed by atoms with Crippen LogP contribution >= 0.6 is 0 Å². The molecule has 0 saturated heterocycles. The molecule has 0 aliphatic heterocycles. The van der Waals surface area contributed by atoms with Crippen LogP contribution in [0.4, 0.5) is 5.69 Å². The lowest BCUT2D eigenvalue weighted by molar-refractivity contribution is -0.119. The lowest BCUT2D eigenvalue weighted by Gasteiger charge is -2.20. The van der Waals surface area contributed by atoms with Crippen molar-refractivity contribution in [2.45, 2.75) is 0 Å². The van der Waals surface area contributed by atoms with E-state index in [0.29, 0.717) is 16.8 Å². The van der Waals surface area contributed by atoms with Gasteiger partial charge in [0.15, 0.2) is 18.2 Å². The first-order valence-corrected chi connectivity index (χ1v) is 8.87. The molecule has 1 aromatic heterocycles. The number of anilines is 1. The fourth-order valence-corrected chi connectivity index (χ4v) is 3.31. The number of hydrogen-bond acceptors (Lipinski definition) is 5. The van der Waals surface area contributed by atoms with E-state index in [2.05, 4.69) is 5.32 Å². The molecule has 0 atom stereocenters. The molecule has 2 aromatic carbocycles. The summed E-state index contributed by atoms with van der Waals surface area (Å²) in [5.41, 5.74) is 1.51. The Morgan fingerprint density at radius 2 is 1.59 bits per heavy atom. The number of carbonyl (C=O) groups excluding carboxylic acids is 4. The number of aromatic nitrogens is 1. The first kappa shape index (κ1) is 18.4. The van der Waals surface area contributed by atoms with Crippen LogP contribution in [-0.4, -0.2) is 34.6 Å². The highest BCUT2D eigenvalue weighted by molar-refractivity contribution is 6.30. The number of fused-ring (bicyclic) bond motifs is 2. The third-order valence-electron chi connectivity index (χ3n) is 4.71. The summed E-state index contributed by atoms with van der Waals surface area (Å²) in [5, 5.41) is 2.57. The molecule has 0 fully saturated rings. The van der Waals surface area contributed by atoms with Crippen molar-refractivity contribution in [3.8, 4) is 0 Å². The first-order valence-electron chi connectivity index (χ1n) is 8.87. The third-order valence-corrected chi connectivity index (χ3v) is 4.71. The van der Waals surface area contributed by atoms with Crippen LogP contribution in [0.25, 0.3) is 0 Å². The van der Waals surface area contributed by atoms with Gasteiger partial charge in [0, 0.05) is 29.9 Å². The van der Waals surface area contributed by atoms with Gasteiger partial charge in [0.2, 0.25) is 0 Å². The van der Waals surface area contributed by atoms with Crippen LogP contribution in [0.5, 0.6) is 0 Å². The topological polar surface area (TPSA) is 94.5 Å². The lowest BCUT2D eigenvalue weighted by Crippen LogP contribution is -2.26. The first-order chi connectivity index (χ1) is 14.0. The second-order valence-electron chi connectivity index (χ2n) is 6.56. The molecule has 0 unspecified atom stereocenters. The molecule has 29 heavy (non-hydrogen) atoms. The normalized spacial score (nSPS) is 12.2. The number of nitrogens with one attached hydrogen (secondary N) is 1. The predicted molar refractivity (Wildman–Crippen MR) is 104 cm³/mol. The highest BCUT2D eigenvalue weighted by Crippen LogP contribution is 2.31. The fourth-order valence-electron chi connectivity index (χ4n) is 3.31. The summed E-state index contributed by atoms with van der Waals surface area (Å²) in [7, 11) is 1.69. The standard InChI is InChI=1S/C22H16N2O5/c1-24-11-5-10-17(24)22(28)29-12-18(25)23-16-9-4-8-15-19(16)21(27)14-7-3-2-6-13(14)20(15)26/h2-11H,12H2,1H3,(H,23,25). The molecule has 1 N–H and O–H groups in total. The van der Waals surface area contributed by atoms with Crippen molar-refractivity contribution in [2.24, 2.45) is 7.05 Å². The Balaban J connectivity index is 1.54. The summed E-state index contributed by atoms with van der Waals surface area (Å²) in [4.78, 5) is 50.0. The van der Waals surface area contributed by atoms with Gasteiger partial charge in [0.1, 0.15) is 5.69 Å². The number of esters is 1. The van der Waals surface area contributed by atoms with Gasteiger partial charge in [-0.15, -0.1) is 0 Å². The minimum atomic E-state index is -0.636. The van der Waals surface area contributed by atoms with Gasteiger partial charge in [0.05, 0.1) is 11.3 Å². The minimum absolute atomic E-state index is 0.137. The average Bonchev–Trinajstić information content (AvgIpc) is 3.16. The largest absolute Gasteiger partial charge is 0.451 e. The van der Waals surface area contributed by atoms with E-state index in [0.717, 1.165) is 0 Å². The van der Waals surface area contributed by atoms with Crippen molar-refractivity contribution in [2.75, 3.05) is 11.9 Å². The molecule has 7 heteroatoms. The Bertz CT molecular complexity index is 1180. The Kier molecular flexibility index (Phi) is 4.56. The van der Waals surface area contributed by atoms with E-state index in [1.807, 2.05) is 0 Å². The number of ketones is 2. The Morgan fingerprint density at radius 3 is 2.28 bits per heavy atom. The average molecular weight is 388 g/mol. The zero-order chi connectivity index (χ0) is 20.5. The van der Waals surface area contributed by atoms with Crippen molar-refractivity contribution < 1.29 is 23.9 Å². The number of rotatable bonds is 4. The van der Waals surface area contributed by atoms with E-state index < -0.39 is 18.5 Å². The van der Waals surface area contributed by atoms with E-state index in [4.69, 9.17) is 4.74 Å². The highest BCUT2D eigenvalue weighted by atomic mass is 16.5. The highest BCUT2D eigenvalue weighted by Gasteiger charge is 2.31. The number of hydrogen-bond donors (Lipinski definition) is 1. The summed E-state index contributed by atoms with van der Waals surface area (Å²) < 4.78 is 6.60. The Hall–Kier alpha value is -4.00. The molecular weight excluding hydrogens is 372 g/mol. The zero-order valence-corrected chi connectivity index (χ0v) is 15.5. The van der Waals surface area contributed by atoms with Gasteiger partial charge in [-0.2, -0.15) is 0 Å². The maximum atomic E-state index is 12.9. The molecule has 0 saturated carbocycles. The second-order valence-corrected chi connectivity index (χ2v) is 6.56. The smallest absolute Gasteiger partial charge is 0.355 e. The van der Waals surface area contributed by atoms with Crippen molar-refractivity contribution in [3.63, 3.8) is 0 Å². The maximum absolute atomic E-state index is 12.9. The molecule has 4 rings (SSSR count). The van der Waals surface area contributed by atoms with Crippen molar-refractivity contribution in [1.29, 1.82) is 0 Å². The Morgan fingerprint density at radius 1 is 0.897 bits per heavy atom. The van der Waals surface area contributed by atoms with Crippen LogP contribution in [0.1, 0.15) is 42.3 Å². The van der Waals surface area contributed by atoms with Crippen LogP contribution in [0, 0.1) is 0 Å². The molecule has 7 nitrogen and oxygen atoms in total. The molecule has 1 amide bonds. The molecule has 0 spiro atoms. The summed E-state index contributed by atoms with van der Waals surface area (Å²) in [5.74, 6) is -1.86. The van der Waals surface area contributed by atoms with E-state index in [-0.39, 0.29) is 28.4 Å². The predicted octanol–water partition coefficient (Wildman–Crippen LogP) is 2.60. The molecule has 0 radical (unpaired) electrons. The maximum Gasteiger partial charge on any atom is 0.355 e. The number of benzene rings is 2. The summed E-state index contributed by atoms with van der Waals surface area (Å²) >= 11 is 0. The van der Waals surface area contributed by atoms with Crippen molar-refractivity contribution in [3.05, 3.63) is 88.7 Å². The quantitative estimate of drug-likeness (QED) is 0.542. The summed E-state index contributed by atoms with van der Waals surface area (Å²) in [6, 6.07) is 14.5. The van der Waals surface area contributed by atoms with E-state index in [1.54, 1.807) is 66.3 Å². The second kappa shape index (κ2) is 7.20. The molecule has 3 aromatic rings. The molecule has 1 aliphatic carbocycles. The van der Waals surface area contributed by atoms with Crippen molar-refractivity contribution >= 4 is 29.1 Å². The van der Waals surface area contributed by atoms with Crippen LogP contribution in [0.3, 0.4) is 0 Å². The van der Waals surface area contributed by atoms with Crippen molar-refractivity contribution in [1.82, 2.24) is 4.57 Å². The molecule has 144 valence electrons. The van der Waals surface area contributed by atoms with Crippen LogP contribution < -0.4 is 5.32 Å². The van der Waals surface area contributed by atoms with Gasteiger partial charge in [-0.1, -0.05) is 36.4 Å². The van der Waals surface area contributed by atoms with E-state index in [1.165, 1.54) is 6.07 Å². The summed E-state index contributed by atoms with van der Waals surface area (Å²) in [6.45, 7) is -0.521. The van der Waals surface area contributed by atoms with Crippen LogP contribution in [-0.2, 0) is 16.6 Å². The Labute approximate surface area is 165 Å². The van der Waals surface area contributed by atoms with E-state index >= 15 is 0 Å². The van der Waals surface area contributed by atoms with Gasteiger partial charge in [-0.25, -0.2) is 4.79 Å². The van der Waals surface area contributed by atoms with Gasteiger partial charge >= 0.3 is 5.97 Å². The number of ether oxygens (including phenoxy) is 1. The number of amides is 1. The SMILES string of the molecule is Cn1cccc1C(=O)OCC(=O)Nc1cccc2c1C(=O)c1ccccc1C2=O. The summed E-state index contributed by atoms with van der Waals surface area (Å²) in [6.07, 6.45) is 1.69. The van der Waals surface area contributed by atoms with E-state index in [9.17, 15) is 19.2 Å². The molecule has 1 heterocycles. The van der Waals surface area contributed by atoms with Crippen LogP contribution in [0.2, 0.25) is 0 Å². The number of carbonyl (C=O) groups is 4. The van der Waals surface area contributed by atoms with Gasteiger partial charge < -0.3 is 14.6 Å². The number of aryl methyl sites for hydroxylation is 1. The van der Waals surface area contributed by atoms with Gasteiger partial charge in [0.25, 0.3) is 5.91 Å². The monoisotopic (exact) mass is 388 g/mol. The van der Waals surface area contributed by atoms with Crippen LogP contribution in [0.15, 0.2) is 60.8 Å². The minimum Gasteiger partial charge on any atom is -0.451 e. The molecule has 1 aliphatic rings. The van der Waals surface area contributed by atoms with Gasteiger partial charge in [-0.3, -0.25) is 14.4 Å². The fraction of sp³-hybridized carbons (Fsp3) is 0.0909. The lowest BCUT2D eigenvalue weighted by atomic mass is 9.83. The van der Waals surface area contributed by atoms with Gasteiger partial charge in [-0.05, 0) is 18.2 Å². The number of nitrogens with zero attached hydrogens (tertiary/aromatic N) is 1.